The molecular weight excluding hydrogens is 315 g/mol. The number of benzene rings is 1. The highest BCUT2D eigenvalue weighted by Crippen LogP contribution is 2.30. The molecule has 1 amide bonds. The number of rotatable bonds is 4. The van der Waals surface area contributed by atoms with Crippen molar-refractivity contribution >= 4 is 23.0 Å². The van der Waals surface area contributed by atoms with Gasteiger partial charge < -0.3 is 10.5 Å². The molecular formula is C17H17FN2O2S. The van der Waals surface area contributed by atoms with Gasteiger partial charge in [-0.1, -0.05) is 17.3 Å². The second kappa shape index (κ2) is 6.91. The van der Waals surface area contributed by atoms with Crippen LogP contribution in [0.5, 0.6) is 0 Å². The van der Waals surface area contributed by atoms with Gasteiger partial charge in [-0.3, -0.25) is 4.79 Å². The highest BCUT2D eigenvalue weighted by atomic mass is 32.1. The van der Waals surface area contributed by atoms with E-state index in [0.29, 0.717) is 24.2 Å². The van der Waals surface area contributed by atoms with E-state index in [9.17, 15) is 9.18 Å². The molecule has 0 unspecified atom stereocenters. The van der Waals surface area contributed by atoms with Crippen LogP contribution in [0.15, 0.2) is 34.8 Å². The zero-order chi connectivity index (χ0) is 16.2. The van der Waals surface area contributed by atoms with Crippen LogP contribution in [0.3, 0.4) is 0 Å². The van der Waals surface area contributed by atoms with Crippen molar-refractivity contribution in [2.45, 2.75) is 25.7 Å². The molecule has 0 spiro atoms. The Balaban J connectivity index is 1.63. The molecule has 120 valence electrons. The maximum absolute atomic E-state index is 12.8. The van der Waals surface area contributed by atoms with Crippen LogP contribution in [0.25, 0.3) is 0 Å². The van der Waals surface area contributed by atoms with Crippen LogP contribution >= 0.6 is 11.3 Å². The van der Waals surface area contributed by atoms with Gasteiger partial charge in [0, 0.05) is 11.9 Å². The number of nitrogens with one attached hydrogen (secondary N) is 1. The number of fused-ring (bicyclic) bond motifs is 1. The summed E-state index contributed by atoms with van der Waals surface area (Å²) in [6.07, 6.45) is 3.12. The number of oxime groups is 1. The van der Waals surface area contributed by atoms with Gasteiger partial charge in [-0.15, -0.1) is 11.3 Å². The van der Waals surface area contributed by atoms with Crippen molar-refractivity contribution in [3.63, 3.8) is 0 Å². The molecule has 4 nitrogen and oxygen atoms in total. The third-order valence-electron chi connectivity index (χ3n) is 3.97. The van der Waals surface area contributed by atoms with Gasteiger partial charge in [-0.05, 0) is 48.9 Å². The van der Waals surface area contributed by atoms with Gasteiger partial charge in [0.15, 0.2) is 0 Å². The number of thiophene rings is 1. The highest BCUT2D eigenvalue weighted by molar-refractivity contribution is 7.12. The Morgan fingerprint density at radius 1 is 1.30 bits per heavy atom. The van der Waals surface area contributed by atoms with Crippen LogP contribution in [-0.2, 0) is 12.8 Å². The average Bonchev–Trinajstić information content (AvgIpc) is 3.00. The van der Waals surface area contributed by atoms with Crippen molar-refractivity contribution in [2.24, 2.45) is 5.16 Å². The molecule has 1 aliphatic rings. The largest absolute Gasteiger partial charge is 0.411 e. The fourth-order valence-electron chi connectivity index (χ4n) is 2.77. The van der Waals surface area contributed by atoms with Gasteiger partial charge in [0.25, 0.3) is 5.91 Å². The number of halogens is 1. The number of amides is 1. The van der Waals surface area contributed by atoms with Crippen LogP contribution in [0.4, 0.5) is 4.39 Å². The summed E-state index contributed by atoms with van der Waals surface area (Å²) in [5.74, 6) is -0.368. The number of hydrogen-bond donors (Lipinski definition) is 2. The first kappa shape index (κ1) is 15.7. The van der Waals surface area contributed by atoms with Crippen LogP contribution in [-0.4, -0.2) is 23.4 Å². The van der Waals surface area contributed by atoms with Crippen molar-refractivity contribution in [2.75, 3.05) is 6.54 Å². The van der Waals surface area contributed by atoms with E-state index in [1.165, 1.54) is 23.5 Å². The number of hydrogen-bond acceptors (Lipinski definition) is 4. The Labute approximate surface area is 137 Å². The number of carbonyl (C=O) groups excluding carboxylic acids is 1. The monoisotopic (exact) mass is 332 g/mol. The summed E-state index contributed by atoms with van der Waals surface area (Å²) in [6.45, 7) is 0.496. The lowest BCUT2D eigenvalue weighted by Crippen LogP contribution is -2.26. The van der Waals surface area contributed by atoms with E-state index >= 15 is 0 Å². The van der Waals surface area contributed by atoms with Gasteiger partial charge in [0.2, 0.25) is 0 Å². The van der Waals surface area contributed by atoms with E-state index in [-0.39, 0.29) is 11.7 Å². The smallest absolute Gasteiger partial charge is 0.252 e. The summed E-state index contributed by atoms with van der Waals surface area (Å²) in [6, 6.07) is 6.28. The van der Waals surface area contributed by atoms with E-state index in [1.54, 1.807) is 12.1 Å². The van der Waals surface area contributed by atoms with Crippen LogP contribution < -0.4 is 5.32 Å². The third-order valence-corrected chi connectivity index (χ3v) is 5.05. The molecule has 0 radical (unpaired) electrons. The summed E-state index contributed by atoms with van der Waals surface area (Å²) in [4.78, 5) is 13.3. The normalized spacial score (nSPS) is 15.4. The van der Waals surface area contributed by atoms with E-state index in [0.717, 1.165) is 35.3 Å². The topological polar surface area (TPSA) is 61.7 Å². The Bertz CT molecular complexity index is 738. The lowest BCUT2D eigenvalue weighted by atomic mass is 9.94. The third kappa shape index (κ3) is 3.42. The van der Waals surface area contributed by atoms with Crippen LogP contribution in [0, 0.1) is 5.82 Å². The summed E-state index contributed by atoms with van der Waals surface area (Å²) in [5, 5.41) is 17.1. The van der Waals surface area contributed by atoms with Crippen molar-refractivity contribution in [1.82, 2.24) is 5.32 Å². The minimum Gasteiger partial charge on any atom is -0.411 e. The lowest BCUT2D eigenvalue weighted by Gasteiger charge is -2.14. The molecule has 2 N–H and O–H groups in total. The molecule has 0 bridgehead atoms. The van der Waals surface area contributed by atoms with Gasteiger partial charge in [0.1, 0.15) is 5.82 Å². The predicted octanol–water partition coefficient (Wildman–Crippen LogP) is 3.37. The lowest BCUT2D eigenvalue weighted by molar-refractivity contribution is 0.0953. The Kier molecular flexibility index (Phi) is 4.71. The van der Waals surface area contributed by atoms with Gasteiger partial charge in [-0.2, -0.15) is 0 Å². The molecule has 1 aromatic carbocycles. The van der Waals surface area contributed by atoms with Gasteiger partial charge in [0.05, 0.1) is 16.2 Å². The average molecular weight is 332 g/mol. The van der Waals surface area contributed by atoms with E-state index in [1.807, 2.05) is 5.38 Å². The second-order valence-electron chi connectivity index (χ2n) is 5.49. The molecule has 0 fully saturated rings. The summed E-state index contributed by atoms with van der Waals surface area (Å²) in [7, 11) is 0. The standard InChI is InChI=1S/C17H17FN2O2S/c18-12-6-4-11(5-7-12)8-9-19-17(21)14-10-23-16-13(14)2-1-3-15(16)20-22/h4-7,10,22H,1-3,8-9H2,(H,19,21)/b20-15-. The zero-order valence-electron chi connectivity index (χ0n) is 12.5. The van der Waals surface area contributed by atoms with Crippen molar-refractivity contribution in [3.8, 4) is 0 Å². The Morgan fingerprint density at radius 2 is 2.09 bits per heavy atom. The maximum atomic E-state index is 12.8. The van der Waals surface area contributed by atoms with Crippen LogP contribution in [0.1, 0.15) is 39.2 Å². The van der Waals surface area contributed by atoms with Crippen molar-refractivity contribution < 1.29 is 14.4 Å². The number of carbonyl (C=O) groups is 1. The first-order chi connectivity index (χ1) is 11.2. The second-order valence-corrected chi connectivity index (χ2v) is 6.37. The Morgan fingerprint density at radius 3 is 2.83 bits per heavy atom. The first-order valence-corrected chi connectivity index (χ1v) is 8.41. The molecule has 2 aromatic rings. The molecule has 1 aromatic heterocycles. The minimum atomic E-state index is -0.260. The minimum absolute atomic E-state index is 0.108. The fourth-order valence-corrected chi connectivity index (χ4v) is 3.89. The zero-order valence-corrected chi connectivity index (χ0v) is 13.3. The van der Waals surface area contributed by atoms with Crippen molar-refractivity contribution in [1.29, 1.82) is 0 Å². The fraction of sp³-hybridized carbons (Fsp3) is 0.294. The summed E-state index contributed by atoms with van der Waals surface area (Å²) in [5.41, 5.74) is 3.30. The highest BCUT2D eigenvalue weighted by Gasteiger charge is 2.24. The van der Waals surface area contributed by atoms with Gasteiger partial charge in [-0.25, -0.2) is 4.39 Å². The molecule has 0 atom stereocenters. The molecule has 0 saturated carbocycles. The molecule has 0 aliphatic heterocycles. The molecule has 1 heterocycles. The summed E-state index contributed by atoms with van der Waals surface area (Å²) >= 11 is 1.45. The number of nitrogens with zero attached hydrogens (tertiary/aromatic N) is 1. The molecule has 0 saturated heterocycles. The molecule has 1 aliphatic carbocycles. The molecule has 3 rings (SSSR count). The maximum Gasteiger partial charge on any atom is 0.252 e. The van der Waals surface area contributed by atoms with Crippen molar-refractivity contribution in [3.05, 3.63) is 57.0 Å². The van der Waals surface area contributed by atoms with E-state index in [2.05, 4.69) is 10.5 Å². The van der Waals surface area contributed by atoms with E-state index in [4.69, 9.17) is 5.21 Å². The quantitative estimate of drug-likeness (QED) is 0.666. The first-order valence-electron chi connectivity index (χ1n) is 7.53. The van der Waals surface area contributed by atoms with Gasteiger partial charge >= 0.3 is 0 Å². The predicted molar refractivity (Wildman–Crippen MR) is 88.0 cm³/mol. The summed E-state index contributed by atoms with van der Waals surface area (Å²) < 4.78 is 12.8. The van der Waals surface area contributed by atoms with E-state index < -0.39 is 0 Å². The van der Waals surface area contributed by atoms with Crippen LogP contribution in [0.2, 0.25) is 0 Å². The molecule has 23 heavy (non-hydrogen) atoms. The Hall–Kier alpha value is -2.21. The SMILES string of the molecule is O=C(NCCc1ccc(F)cc1)c1csc2c1CCC/C2=N/O. The molecule has 6 heteroatoms.